The lowest BCUT2D eigenvalue weighted by molar-refractivity contribution is 0.309. The van der Waals surface area contributed by atoms with E-state index in [1.807, 2.05) is 0 Å². The molecule has 4 heteroatoms. The van der Waals surface area contributed by atoms with Crippen LogP contribution in [-0.2, 0) is 19.4 Å². The summed E-state index contributed by atoms with van der Waals surface area (Å²) in [5.41, 5.74) is 5.48. The van der Waals surface area contributed by atoms with Crippen LogP contribution in [0, 0.1) is 0 Å². The smallest absolute Gasteiger partial charge is 0.137 e. The number of nitrogens with zero attached hydrogens (tertiary/aromatic N) is 4. The minimum atomic E-state index is 0.433. The molecule has 2 aliphatic rings. The summed E-state index contributed by atoms with van der Waals surface area (Å²) in [5, 5.41) is 0. The fourth-order valence-corrected chi connectivity index (χ4v) is 3.85. The fraction of sp³-hybridized carbons (Fsp3) is 0.444. The van der Waals surface area contributed by atoms with Crippen molar-refractivity contribution < 1.29 is 0 Å². The molecule has 1 unspecified atom stereocenters. The van der Waals surface area contributed by atoms with Crippen molar-refractivity contribution in [1.29, 1.82) is 0 Å². The number of aryl methyl sites for hydroxylation is 1. The molecular formula is C18H22N4. The Morgan fingerprint density at radius 2 is 2.05 bits per heavy atom. The Labute approximate surface area is 131 Å². The van der Waals surface area contributed by atoms with E-state index in [1.165, 1.54) is 35.2 Å². The van der Waals surface area contributed by atoms with E-state index in [2.05, 4.69) is 58.1 Å². The summed E-state index contributed by atoms with van der Waals surface area (Å²) in [6.45, 7) is 2.03. The van der Waals surface area contributed by atoms with E-state index in [-0.39, 0.29) is 0 Å². The third-order valence-electron chi connectivity index (χ3n) is 5.07. The molecule has 4 rings (SSSR count). The highest BCUT2D eigenvalue weighted by Crippen LogP contribution is 2.38. The molecule has 0 fully saturated rings. The molecule has 1 aliphatic heterocycles. The standard InChI is InChI=1S/C18H22N4/c1-21-10-9-16-15(11-21)18(20-12-19-16)22(2)17-8-7-13-5-3-4-6-14(13)17/h3-6,12,17H,7-11H2,1-2H3. The summed E-state index contributed by atoms with van der Waals surface area (Å²) in [4.78, 5) is 13.9. The van der Waals surface area contributed by atoms with Gasteiger partial charge < -0.3 is 9.80 Å². The van der Waals surface area contributed by atoms with Crippen LogP contribution in [0.4, 0.5) is 5.82 Å². The molecule has 0 spiro atoms. The zero-order chi connectivity index (χ0) is 15.1. The molecule has 0 N–H and O–H groups in total. The number of anilines is 1. The molecule has 114 valence electrons. The van der Waals surface area contributed by atoms with Gasteiger partial charge in [0.05, 0.1) is 11.7 Å². The quantitative estimate of drug-likeness (QED) is 0.852. The van der Waals surface area contributed by atoms with Crippen LogP contribution in [0.3, 0.4) is 0 Å². The number of hydrogen-bond donors (Lipinski definition) is 0. The summed E-state index contributed by atoms with van der Waals surface area (Å²) < 4.78 is 0. The predicted octanol–water partition coefficient (Wildman–Crippen LogP) is 2.59. The average Bonchev–Trinajstić information content (AvgIpc) is 2.97. The zero-order valence-electron chi connectivity index (χ0n) is 13.3. The van der Waals surface area contributed by atoms with Crippen molar-refractivity contribution in [3.05, 3.63) is 53.0 Å². The van der Waals surface area contributed by atoms with E-state index in [9.17, 15) is 0 Å². The van der Waals surface area contributed by atoms with Gasteiger partial charge in [0.15, 0.2) is 0 Å². The Morgan fingerprint density at radius 3 is 2.95 bits per heavy atom. The lowest BCUT2D eigenvalue weighted by Crippen LogP contribution is -2.31. The lowest BCUT2D eigenvalue weighted by atomic mass is 10.0. The summed E-state index contributed by atoms with van der Waals surface area (Å²) in [7, 11) is 4.36. The van der Waals surface area contributed by atoms with Crippen LogP contribution < -0.4 is 4.90 Å². The molecule has 2 aromatic rings. The van der Waals surface area contributed by atoms with Gasteiger partial charge in [0.1, 0.15) is 12.1 Å². The number of likely N-dealkylation sites (N-methyl/N-ethyl adjacent to an activating group) is 1. The summed E-state index contributed by atoms with van der Waals surface area (Å²) in [6, 6.07) is 9.24. The topological polar surface area (TPSA) is 32.3 Å². The van der Waals surface area contributed by atoms with Gasteiger partial charge in [-0.3, -0.25) is 0 Å². The van der Waals surface area contributed by atoms with E-state index >= 15 is 0 Å². The molecule has 0 radical (unpaired) electrons. The van der Waals surface area contributed by atoms with Crippen LogP contribution in [0.2, 0.25) is 0 Å². The molecule has 1 aromatic heterocycles. The third kappa shape index (κ3) is 2.18. The van der Waals surface area contributed by atoms with Crippen molar-refractivity contribution in [2.75, 3.05) is 25.5 Å². The second-order valence-corrected chi connectivity index (χ2v) is 6.47. The van der Waals surface area contributed by atoms with Crippen LogP contribution >= 0.6 is 0 Å². The molecule has 0 amide bonds. The molecule has 1 aliphatic carbocycles. The van der Waals surface area contributed by atoms with Gasteiger partial charge in [0.25, 0.3) is 0 Å². The molecule has 0 saturated heterocycles. The van der Waals surface area contributed by atoms with E-state index in [4.69, 9.17) is 0 Å². The highest BCUT2D eigenvalue weighted by atomic mass is 15.2. The minimum Gasteiger partial charge on any atom is -0.352 e. The first-order valence-corrected chi connectivity index (χ1v) is 8.06. The maximum atomic E-state index is 4.63. The SMILES string of the molecule is CN1CCc2ncnc(N(C)C3CCc4ccccc43)c2C1. The van der Waals surface area contributed by atoms with E-state index < -0.39 is 0 Å². The van der Waals surface area contributed by atoms with Crippen molar-refractivity contribution in [3.63, 3.8) is 0 Å². The van der Waals surface area contributed by atoms with Crippen LogP contribution in [-0.4, -0.2) is 35.5 Å². The van der Waals surface area contributed by atoms with Crippen molar-refractivity contribution in [2.45, 2.75) is 31.8 Å². The van der Waals surface area contributed by atoms with E-state index in [1.54, 1.807) is 6.33 Å². The highest BCUT2D eigenvalue weighted by Gasteiger charge is 2.29. The summed E-state index contributed by atoms with van der Waals surface area (Å²) in [6.07, 6.45) is 5.09. The lowest BCUT2D eigenvalue weighted by Gasteiger charge is -2.32. The Balaban J connectivity index is 1.71. The normalized spacial score (nSPS) is 20.5. The van der Waals surface area contributed by atoms with Gasteiger partial charge in [-0.2, -0.15) is 0 Å². The molecule has 22 heavy (non-hydrogen) atoms. The molecule has 2 heterocycles. The molecule has 0 saturated carbocycles. The van der Waals surface area contributed by atoms with Gasteiger partial charge in [-0.15, -0.1) is 0 Å². The predicted molar refractivity (Wildman–Crippen MR) is 88.0 cm³/mol. The van der Waals surface area contributed by atoms with Crippen LogP contribution in [0.15, 0.2) is 30.6 Å². The van der Waals surface area contributed by atoms with Gasteiger partial charge in [-0.05, 0) is 31.0 Å². The molecule has 1 aromatic carbocycles. The largest absolute Gasteiger partial charge is 0.352 e. The number of fused-ring (bicyclic) bond motifs is 2. The van der Waals surface area contributed by atoms with Crippen LogP contribution in [0.5, 0.6) is 0 Å². The Bertz CT molecular complexity index is 697. The minimum absolute atomic E-state index is 0.433. The highest BCUT2D eigenvalue weighted by molar-refractivity contribution is 5.52. The molecule has 0 bridgehead atoms. The third-order valence-corrected chi connectivity index (χ3v) is 5.07. The first kappa shape index (κ1) is 13.7. The van der Waals surface area contributed by atoms with E-state index in [0.717, 1.165) is 25.3 Å². The number of hydrogen-bond acceptors (Lipinski definition) is 4. The van der Waals surface area contributed by atoms with Crippen LogP contribution in [0.25, 0.3) is 0 Å². The molecule has 4 nitrogen and oxygen atoms in total. The second-order valence-electron chi connectivity index (χ2n) is 6.47. The monoisotopic (exact) mass is 294 g/mol. The average molecular weight is 294 g/mol. The maximum absolute atomic E-state index is 4.63. The number of aromatic nitrogens is 2. The van der Waals surface area contributed by atoms with Crippen molar-refractivity contribution in [1.82, 2.24) is 14.9 Å². The van der Waals surface area contributed by atoms with E-state index in [0.29, 0.717) is 6.04 Å². The van der Waals surface area contributed by atoms with Gasteiger partial charge in [-0.25, -0.2) is 9.97 Å². The fourth-order valence-electron chi connectivity index (χ4n) is 3.85. The first-order valence-electron chi connectivity index (χ1n) is 8.06. The zero-order valence-corrected chi connectivity index (χ0v) is 13.3. The van der Waals surface area contributed by atoms with Crippen molar-refractivity contribution in [3.8, 4) is 0 Å². The van der Waals surface area contributed by atoms with Gasteiger partial charge >= 0.3 is 0 Å². The summed E-state index contributed by atoms with van der Waals surface area (Å²) in [5.74, 6) is 1.11. The second kappa shape index (κ2) is 5.36. The van der Waals surface area contributed by atoms with Crippen molar-refractivity contribution >= 4 is 5.82 Å². The number of rotatable bonds is 2. The first-order chi connectivity index (χ1) is 10.7. The Morgan fingerprint density at radius 1 is 1.18 bits per heavy atom. The van der Waals surface area contributed by atoms with Gasteiger partial charge in [-0.1, -0.05) is 24.3 Å². The molecular weight excluding hydrogens is 272 g/mol. The molecule has 1 atom stereocenters. The van der Waals surface area contributed by atoms with Crippen molar-refractivity contribution in [2.24, 2.45) is 0 Å². The van der Waals surface area contributed by atoms with Crippen LogP contribution in [0.1, 0.15) is 34.8 Å². The maximum Gasteiger partial charge on any atom is 0.137 e. The Hall–Kier alpha value is -1.94. The summed E-state index contributed by atoms with van der Waals surface area (Å²) >= 11 is 0. The van der Waals surface area contributed by atoms with Gasteiger partial charge in [0.2, 0.25) is 0 Å². The van der Waals surface area contributed by atoms with Gasteiger partial charge in [0, 0.05) is 32.1 Å². The Kier molecular flexibility index (Phi) is 3.34. The number of benzene rings is 1.